The Hall–Kier alpha value is -0.860. The minimum absolute atomic E-state index is 0.262. The molecule has 2 unspecified atom stereocenters. The molecule has 1 aliphatic heterocycles. The third-order valence-corrected chi connectivity index (χ3v) is 4.59. The van der Waals surface area contributed by atoms with Gasteiger partial charge in [0.1, 0.15) is 0 Å². The standard InChI is InChI=1S/C19H31NO/c1-13(2)11-20-12-17-7-6-8-21-19(17)18-10-15(4)14(3)9-16(18)5/h9-10,13,17,19-20H,6-8,11-12H2,1-5H3. The number of ether oxygens (including phenoxy) is 1. The van der Waals surface area contributed by atoms with Crippen LogP contribution in [0.15, 0.2) is 12.1 Å². The molecule has 1 saturated heterocycles. The van der Waals surface area contributed by atoms with Crippen molar-refractivity contribution in [3.63, 3.8) is 0 Å². The van der Waals surface area contributed by atoms with Crippen molar-refractivity contribution in [3.8, 4) is 0 Å². The average Bonchev–Trinajstić information content (AvgIpc) is 2.43. The lowest BCUT2D eigenvalue weighted by Crippen LogP contribution is -2.33. The van der Waals surface area contributed by atoms with E-state index < -0.39 is 0 Å². The Morgan fingerprint density at radius 2 is 1.86 bits per heavy atom. The van der Waals surface area contributed by atoms with E-state index in [0.29, 0.717) is 11.8 Å². The van der Waals surface area contributed by atoms with Gasteiger partial charge >= 0.3 is 0 Å². The van der Waals surface area contributed by atoms with Gasteiger partial charge in [-0.05, 0) is 68.3 Å². The first kappa shape index (κ1) is 16.5. The maximum atomic E-state index is 6.17. The molecule has 0 aliphatic carbocycles. The van der Waals surface area contributed by atoms with E-state index in [4.69, 9.17) is 4.74 Å². The molecular weight excluding hydrogens is 258 g/mol. The number of benzene rings is 1. The molecule has 118 valence electrons. The van der Waals surface area contributed by atoms with E-state index in [-0.39, 0.29) is 6.10 Å². The zero-order valence-corrected chi connectivity index (χ0v) is 14.3. The molecular formula is C19H31NO. The maximum Gasteiger partial charge on any atom is 0.0867 e. The van der Waals surface area contributed by atoms with Gasteiger partial charge in [-0.3, -0.25) is 0 Å². The minimum Gasteiger partial charge on any atom is -0.373 e. The van der Waals surface area contributed by atoms with Crippen molar-refractivity contribution in [2.45, 2.75) is 53.6 Å². The smallest absolute Gasteiger partial charge is 0.0867 e. The van der Waals surface area contributed by atoms with Gasteiger partial charge in [-0.2, -0.15) is 0 Å². The van der Waals surface area contributed by atoms with Gasteiger partial charge in [-0.25, -0.2) is 0 Å². The van der Waals surface area contributed by atoms with Crippen molar-refractivity contribution in [2.24, 2.45) is 11.8 Å². The summed E-state index contributed by atoms with van der Waals surface area (Å²) in [6, 6.07) is 4.65. The third kappa shape index (κ3) is 4.31. The Balaban J connectivity index is 2.12. The lowest BCUT2D eigenvalue weighted by atomic mass is 9.86. The van der Waals surface area contributed by atoms with E-state index in [0.717, 1.165) is 19.7 Å². The average molecular weight is 289 g/mol. The predicted molar refractivity (Wildman–Crippen MR) is 89.8 cm³/mol. The van der Waals surface area contributed by atoms with Crippen LogP contribution in [-0.4, -0.2) is 19.7 Å². The van der Waals surface area contributed by atoms with Crippen molar-refractivity contribution >= 4 is 0 Å². The lowest BCUT2D eigenvalue weighted by molar-refractivity contribution is -0.0282. The van der Waals surface area contributed by atoms with Gasteiger partial charge in [0, 0.05) is 19.1 Å². The Morgan fingerprint density at radius 3 is 2.57 bits per heavy atom. The van der Waals surface area contributed by atoms with E-state index in [1.807, 2.05) is 0 Å². The molecule has 1 aliphatic rings. The van der Waals surface area contributed by atoms with Crippen molar-refractivity contribution in [1.82, 2.24) is 5.32 Å². The van der Waals surface area contributed by atoms with Crippen LogP contribution < -0.4 is 5.32 Å². The Labute approximate surface area is 130 Å². The zero-order valence-electron chi connectivity index (χ0n) is 14.3. The largest absolute Gasteiger partial charge is 0.373 e. The van der Waals surface area contributed by atoms with Gasteiger partial charge in [0.05, 0.1) is 6.10 Å². The lowest BCUT2D eigenvalue weighted by Gasteiger charge is -2.33. The quantitative estimate of drug-likeness (QED) is 0.871. The summed E-state index contributed by atoms with van der Waals surface area (Å²) in [7, 11) is 0. The second kappa shape index (κ2) is 7.42. The van der Waals surface area contributed by atoms with Crippen LogP contribution >= 0.6 is 0 Å². The van der Waals surface area contributed by atoms with Crippen molar-refractivity contribution in [3.05, 3.63) is 34.4 Å². The number of rotatable bonds is 5. The van der Waals surface area contributed by atoms with Gasteiger partial charge in [0.25, 0.3) is 0 Å². The molecule has 2 rings (SSSR count). The van der Waals surface area contributed by atoms with Crippen molar-refractivity contribution < 1.29 is 4.74 Å². The number of hydrogen-bond acceptors (Lipinski definition) is 2. The fourth-order valence-corrected chi connectivity index (χ4v) is 3.24. The monoisotopic (exact) mass is 289 g/mol. The van der Waals surface area contributed by atoms with Gasteiger partial charge in [0.15, 0.2) is 0 Å². The molecule has 0 bridgehead atoms. The van der Waals surface area contributed by atoms with Crippen LogP contribution in [-0.2, 0) is 4.74 Å². The van der Waals surface area contributed by atoms with Crippen LogP contribution in [0.3, 0.4) is 0 Å². The molecule has 21 heavy (non-hydrogen) atoms. The second-order valence-electron chi connectivity index (χ2n) is 7.04. The Bertz CT molecular complexity index is 467. The molecule has 1 aromatic carbocycles. The van der Waals surface area contributed by atoms with E-state index in [2.05, 4.69) is 52.1 Å². The van der Waals surface area contributed by atoms with Gasteiger partial charge < -0.3 is 10.1 Å². The predicted octanol–water partition coefficient (Wildman–Crippen LogP) is 4.33. The molecule has 0 radical (unpaired) electrons. The summed E-state index contributed by atoms with van der Waals surface area (Å²) < 4.78 is 6.17. The molecule has 1 heterocycles. The van der Waals surface area contributed by atoms with Crippen molar-refractivity contribution in [2.75, 3.05) is 19.7 Å². The van der Waals surface area contributed by atoms with Gasteiger partial charge in [0.2, 0.25) is 0 Å². The summed E-state index contributed by atoms with van der Waals surface area (Å²) in [4.78, 5) is 0. The van der Waals surface area contributed by atoms with E-state index in [1.165, 1.54) is 35.1 Å². The van der Waals surface area contributed by atoms with Crippen LogP contribution in [0.4, 0.5) is 0 Å². The molecule has 0 saturated carbocycles. The molecule has 1 N–H and O–H groups in total. The normalized spacial score (nSPS) is 22.8. The summed E-state index contributed by atoms with van der Waals surface area (Å²) in [6.07, 6.45) is 2.72. The summed E-state index contributed by atoms with van der Waals surface area (Å²) in [5.74, 6) is 1.30. The molecule has 2 atom stereocenters. The second-order valence-corrected chi connectivity index (χ2v) is 7.04. The van der Waals surface area contributed by atoms with Crippen molar-refractivity contribution in [1.29, 1.82) is 0 Å². The molecule has 1 aromatic rings. The maximum absolute atomic E-state index is 6.17. The van der Waals surface area contributed by atoms with Gasteiger partial charge in [-0.1, -0.05) is 26.0 Å². The van der Waals surface area contributed by atoms with Gasteiger partial charge in [-0.15, -0.1) is 0 Å². The Morgan fingerprint density at radius 1 is 1.14 bits per heavy atom. The topological polar surface area (TPSA) is 21.3 Å². The SMILES string of the molecule is Cc1cc(C)c(C2OCCCC2CNCC(C)C)cc1C. The molecule has 2 heteroatoms. The van der Waals surface area contributed by atoms with Crippen LogP contribution in [0.1, 0.15) is 55.0 Å². The fraction of sp³-hybridized carbons (Fsp3) is 0.684. The summed E-state index contributed by atoms with van der Waals surface area (Å²) in [5.41, 5.74) is 5.52. The highest BCUT2D eigenvalue weighted by Crippen LogP contribution is 2.35. The number of hydrogen-bond donors (Lipinski definition) is 1. The van der Waals surface area contributed by atoms with Crippen LogP contribution in [0.25, 0.3) is 0 Å². The molecule has 0 amide bonds. The summed E-state index contributed by atoms with van der Waals surface area (Å²) >= 11 is 0. The zero-order chi connectivity index (χ0) is 15.4. The molecule has 0 spiro atoms. The van der Waals surface area contributed by atoms with E-state index in [9.17, 15) is 0 Å². The first-order valence-corrected chi connectivity index (χ1v) is 8.39. The number of aryl methyl sites for hydroxylation is 3. The molecule has 1 fully saturated rings. The highest BCUT2D eigenvalue weighted by molar-refractivity contribution is 5.38. The minimum atomic E-state index is 0.262. The first-order valence-electron chi connectivity index (χ1n) is 8.39. The number of nitrogens with one attached hydrogen (secondary N) is 1. The van der Waals surface area contributed by atoms with Crippen LogP contribution in [0.5, 0.6) is 0 Å². The van der Waals surface area contributed by atoms with Crippen LogP contribution in [0.2, 0.25) is 0 Å². The first-order chi connectivity index (χ1) is 9.99. The summed E-state index contributed by atoms with van der Waals surface area (Å²) in [6.45, 7) is 14.2. The van der Waals surface area contributed by atoms with E-state index >= 15 is 0 Å². The fourth-order valence-electron chi connectivity index (χ4n) is 3.24. The van der Waals surface area contributed by atoms with E-state index in [1.54, 1.807) is 0 Å². The molecule has 0 aromatic heterocycles. The van der Waals surface area contributed by atoms with Crippen LogP contribution in [0, 0.1) is 32.6 Å². The third-order valence-electron chi connectivity index (χ3n) is 4.59. The summed E-state index contributed by atoms with van der Waals surface area (Å²) in [5, 5.41) is 3.62. The highest BCUT2D eigenvalue weighted by atomic mass is 16.5. The highest BCUT2D eigenvalue weighted by Gasteiger charge is 2.28. The molecule has 2 nitrogen and oxygen atoms in total. The Kier molecular flexibility index (Phi) is 5.83.